The fourth-order valence-corrected chi connectivity index (χ4v) is 4.59. The number of carbonyl (C=O) groups excluding carboxylic acids is 1. The lowest BCUT2D eigenvalue weighted by atomic mass is 9.95. The highest BCUT2D eigenvalue weighted by atomic mass is 32.1. The number of fused-ring (bicyclic) bond motifs is 1. The van der Waals surface area contributed by atoms with Gasteiger partial charge < -0.3 is 9.84 Å². The number of carbonyl (C=O) groups is 1. The second-order valence-corrected chi connectivity index (χ2v) is 8.50. The Morgan fingerprint density at radius 1 is 1.10 bits per heavy atom. The van der Waals surface area contributed by atoms with Gasteiger partial charge in [-0.05, 0) is 48.8 Å². The van der Waals surface area contributed by atoms with Crippen molar-refractivity contribution in [3.05, 3.63) is 65.9 Å². The van der Waals surface area contributed by atoms with Crippen molar-refractivity contribution >= 4 is 33.7 Å². The zero-order valence-corrected chi connectivity index (χ0v) is 17.3. The summed E-state index contributed by atoms with van der Waals surface area (Å²) >= 11 is 1.60. The second-order valence-electron chi connectivity index (χ2n) is 7.56. The van der Waals surface area contributed by atoms with Crippen LogP contribution < -0.4 is 5.32 Å². The van der Waals surface area contributed by atoms with E-state index in [-0.39, 0.29) is 11.8 Å². The summed E-state index contributed by atoms with van der Waals surface area (Å²) in [6.07, 6.45) is 1.64. The Hall–Kier alpha value is -3.03. The van der Waals surface area contributed by atoms with E-state index < -0.39 is 0 Å². The minimum atomic E-state index is 0.0181. The minimum Gasteiger partial charge on any atom is -0.338 e. The molecule has 2 aromatic heterocycles. The monoisotopic (exact) mass is 418 g/mol. The van der Waals surface area contributed by atoms with E-state index in [2.05, 4.69) is 32.5 Å². The van der Waals surface area contributed by atoms with Crippen molar-refractivity contribution in [3.8, 4) is 10.7 Å². The molecule has 5 rings (SSSR count). The first-order chi connectivity index (χ1) is 14.8. The summed E-state index contributed by atoms with van der Waals surface area (Å²) in [7, 11) is 0. The van der Waals surface area contributed by atoms with Gasteiger partial charge in [0.1, 0.15) is 0 Å². The van der Waals surface area contributed by atoms with Gasteiger partial charge in [-0.1, -0.05) is 47.6 Å². The van der Waals surface area contributed by atoms with Crippen LogP contribution in [0.25, 0.3) is 21.5 Å². The molecule has 0 unspecified atom stereocenters. The van der Waals surface area contributed by atoms with E-state index in [1.54, 1.807) is 11.3 Å². The molecule has 30 heavy (non-hydrogen) atoms. The molecule has 0 bridgehead atoms. The normalized spacial score (nSPS) is 15.5. The summed E-state index contributed by atoms with van der Waals surface area (Å²) in [4.78, 5) is 20.6. The molecule has 152 valence electrons. The zero-order valence-electron chi connectivity index (χ0n) is 16.5. The molecule has 1 N–H and O–H groups in total. The first-order valence-corrected chi connectivity index (χ1v) is 11.0. The lowest BCUT2D eigenvalue weighted by molar-refractivity contribution is -0.121. The number of hydrogen-bond donors (Lipinski definition) is 1. The number of nitrogens with zero attached hydrogens (tertiary/aromatic N) is 3. The number of benzene rings is 2. The maximum absolute atomic E-state index is 12.8. The van der Waals surface area contributed by atoms with Crippen LogP contribution in [-0.2, 0) is 11.3 Å². The van der Waals surface area contributed by atoms with E-state index in [4.69, 9.17) is 4.52 Å². The van der Waals surface area contributed by atoms with Gasteiger partial charge in [0.05, 0.1) is 11.4 Å². The molecule has 1 amide bonds. The van der Waals surface area contributed by atoms with Crippen LogP contribution in [0.4, 0.5) is 5.69 Å². The van der Waals surface area contributed by atoms with Gasteiger partial charge in [-0.15, -0.1) is 11.3 Å². The van der Waals surface area contributed by atoms with E-state index in [9.17, 15) is 4.79 Å². The Labute approximate surface area is 178 Å². The van der Waals surface area contributed by atoms with E-state index in [1.807, 2.05) is 47.8 Å². The molecule has 1 saturated heterocycles. The first-order valence-electron chi connectivity index (χ1n) is 10.1. The van der Waals surface area contributed by atoms with Crippen LogP contribution in [0.5, 0.6) is 0 Å². The Morgan fingerprint density at radius 2 is 1.93 bits per heavy atom. The van der Waals surface area contributed by atoms with E-state index in [0.29, 0.717) is 18.3 Å². The summed E-state index contributed by atoms with van der Waals surface area (Å²) in [6, 6.07) is 18.1. The van der Waals surface area contributed by atoms with E-state index >= 15 is 0 Å². The summed E-state index contributed by atoms with van der Waals surface area (Å²) < 4.78 is 5.41. The van der Waals surface area contributed by atoms with Crippen LogP contribution in [0.1, 0.15) is 18.7 Å². The summed E-state index contributed by atoms with van der Waals surface area (Å²) in [5.41, 5.74) is 0.882. The predicted molar refractivity (Wildman–Crippen MR) is 118 cm³/mol. The number of hydrogen-bond acceptors (Lipinski definition) is 6. The van der Waals surface area contributed by atoms with Gasteiger partial charge in [-0.3, -0.25) is 9.69 Å². The largest absolute Gasteiger partial charge is 0.338 e. The molecule has 0 atom stereocenters. The Kier molecular flexibility index (Phi) is 5.29. The highest BCUT2D eigenvalue weighted by molar-refractivity contribution is 7.13. The van der Waals surface area contributed by atoms with Crippen molar-refractivity contribution in [2.24, 2.45) is 5.92 Å². The van der Waals surface area contributed by atoms with Gasteiger partial charge in [-0.2, -0.15) is 4.98 Å². The molecule has 2 aromatic carbocycles. The third-order valence-electron chi connectivity index (χ3n) is 5.57. The van der Waals surface area contributed by atoms with Crippen molar-refractivity contribution in [3.63, 3.8) is 0 Å². The Morgan fingerprint density at radius 3 is 2.77 bits per heavy atom. The number of amides is 1. The lowest BCUT2D eigenvalue weighted by Gasteiger charge is -2.30. The molecule has 0 saturated carbocycles. The van der Waals surface area contributed by atoms with Gasteiger partial charge in [0.25, 0.3) is 0 Å². The topological polar surface area (TPSA) is 71.3 Å². The summed E-state index contributed by atoms with van der Waals surface area (Å²) in [6.45, 7) is 2.30. The van der Waals surface area contributed by atoms with Crippen molar-refractivity contribution < 1.29 is 9.32 Å². The molecule has 4 aromatic rings. The average molecular weight is 419 g/mol. The van der Waals surface area contributed by atoms with Crippen LogP contribution in [0.2, 0.25) is 0 Å². The van der Waals surface area contributed by atoms with Crippen LogP contribution in [-0.4, -0.2) is 34.0 Å². The smallest absolute Gasteiger partial charge is 0.241 e. The standard InChI is InChI=1S/C23H22N4O2S/c28-23(24-19-8-3-6-16-5-1-2-7-18(16)19)17-10-12-27(13-11-17)15-21-25-22(26-29-21)20-9-4-14-30-20/h1-9,14,17H,10-13,15H2,(H,24,28). The number of piperidine rings is 1. The molecule has 7 heteroatoms. The number of thiophene rings is 1. The summed E-state index contributed by atoms with van der Waals surface area (Å²) in [5, 5.41) is 11.4. The number of aromatic nitrogens is 2. The fourth-order valence-electron chi connectivity index (χ4n) is 3.94. The number of nitrogens with one attached hydrogen (secondary N) is 1. The highest BCUT2D eigenvalue weighted by Gasteiger charge is 2.26. The number of rotatable bonds is 5. The van der Waals surface area contributed by atoms with Crippen molar-refractivity contribution in [1.82, 2.24) is 15.0 Å². The van der Waals surface area contributed by atoms with Crippen molar-refractivity contribution in [1.29, 1.82) is 0 Å². The van der Waals surface area contributed by atoms with E-state index in [1.165, 1.54) is 0 Å². The average Bonchev–Trinajstić information content (AvgIpc) is 3.47. The van der Waals surface area contributed by atoms with Crippen LogP contribution >= 0.6 is 11.3 Å². The molecule has 0 radical (unpaired) electrons. The molecule has 3 heterocycles. The van der Waals surface area contributed by atoms with E-state index in [0.717, 1.165) is 47.3 Å². The van der Waals surface area contributed by atoms with Crippen molar-refractivity contribution in [2.45, 2.75) is 19.4 Å². The lowest BCUT2D eigenvalue weighted by Crippen LogP contribution is -2.37. The number of likely N-dealkylation sites (tertiary alicyclic amines) is 1. The van der Waals surface area contributed by atoms with Crippen LogP contribution in [0.15, 0.2) is 64.5 Å². The molecule has 1 aliphatic heterocycles. The molecule has 0 spiro atoms. The van der Waals surface area contributed by atoms with Crippen LogP contribution in [0.3, 0.4) is 0 Å². The van der Waals surface area contributed by atoms with Crippen LogP contribution in [0, 0.1) is 5.92 Å². The number of anilines is 1. The SMILES string of the molecule is O=C(Nc1cccc2ccccc12)C1CCN(Cc2nc(-c3cccs3)no2)CC1. The van der Waals surface area contributed by atoms with Gasteiger partial charge in [0.2, 0.25) is 17.6 Å². The highest BCUT2D eigenvalue weighted by Crippen LogP contribution is 2.26. The first kappa shape index (κ1) is 19.0. The fraction of sp³-hybridized carbons (Fsp3) is 0.261. The maximum atomic E-state index is 12.8. The van der Waals surface area contributed by atoms with Gasteiger partial charge in [0, 0.05) is 17.0 Å². The Bertz CT molecular complexity index is 1140. The molecule has 6 nitrogen and oxygen atoms in total. The molecule has 0 aliphatic carbocycles. The van der Waals surface area contributed by atoms with Gasteiger partial charge in [-0.25, -0.2) is 0 Å². The third-order valence-corrected chi connectivity index (χ3v) is 6.44. The quantitative estimate of drug-likeness (QED) is 0.504. The molecule has 1 aliphatic rings. The molecule has 1 fully saturated rings. The summed E-state index contributed by atoms with van der Waals surface area (Å²) in [5.74, 6) is 1.38. The molecular weight excluding hydrogens is 396 g/mol. The minimum absolute atomic E-state index is 0.0181. The van der Waals surface area contributed by atoms with Crippen molar-refractivity contribution in [2.75, 3.05) is 18.4 Å². The van der Waals surface area contributed by atoms with Gasteiger partial charge in [0.15, 0.2) is 0 Å². The maximum Gasteiger partial charge on any atom is 0.241 e. The third kappa shape index (κ3) is 3.99. The van der Waals surface area contributed by atoms with Gasteiger partial charge >= 0.3 is 0 Å². The Balaban J connectivity index is 1.17. The second kappa shape index (κ2) is 8.38. The molecular formula is C23H22N4O2S. The zero-order chi connectivity index (χ0) is 20.3. The predicted octanol–water partition coefficient (Wildman–Crippen LogP) is 4.80.